The lowest BCUT2D eigenvalue weighted by Crippen LogP contribution is -2.22. The van der Waals surface area contributed by atoms with Gasteiger partial charge in [0.1, 0.15) is 16.7 Å². The molecule has 2 aromatic carbocycles. The van der Waals surface area contributed by atoms with E-state index in [0.29, 0.717) is 15.8 Å². The third-order valence-corrected chi connectivity index (χ3v) is 5.46. The highest BCUT2D eigenvalue weighted by molar-refractivity contribution is 9.10. The van der Waals surface area contributed by atoms with Crippen LogP contribution in [0, 0.1) is 0 Å². The minimum atomic E-state index is -0.0843. The molecule has 0 aromatic heterocycles. The van der Waals surface area contributed by atoms with Crippen LogP contribution in [0.15, 0.2) is 57.9 Å². The van der Waals surface area contributed by atoms with Gasteiger partial charge in [0.2, 0.25) is 0 Å². The van der Waals surface area contributed by atoms with E-state index in [1.165, 1.54) is 16.7 Å². The second-order valence-electron chi connectivity index (χ2n) is 5.20. The molecule has 0 aliphatic carbocycles. The molecule has 1 aliphatic heterocycles. The number of thioether (sulfide) groups is 1. The Morgan fingerprint density at radius 1 is 1.25 bits per heavy atom. The van der Waals surface area contributed by atoms with Gasteiger partial charge >= 0.3 is 0 Å². The van der Waals surface area contributed by atoms with Crippen LogP contribution in [0.4, 0.5) is 0 Å². The summed E-state index contributed by atoms with van der Waals surface area (Å²) in [5.74, 6) is 0.641. The molecule has 0 saturated carbocycles. The van der Waals surface area contributed by atoms with Crippen LogP contribution >= 0.6 is 39.9 Å². The zero-order valence-electron chi connectivity index (χ0n) is 12.9. The highest BCUT2D eigenvalue weighted by Crippen LogP contribution is 2.34. The lowest BCUT2D eigenvalue weighted by atomic mass is 10.1. The van der Waals surface area contributed by atoms with Gasteiger partial charge in [-0.15, -0.1) is 0 Å². The summed E-state index contributed by atoms with van der Waals surface area (Å²) in [5, 5.41) is 0. The summed E-state index contributed by atoms with van der Waals surface area (Å²) >= 11 is 9.94. The van der Waals surface area contributed by atoms with Crippen molar-refractivity contribution < 1.29 is 9.53 Å². The summed E-state index contributed by atoms with van der Waals surface area (Å²) in [6.07, 6.45) is 1.83. The van der Waals surface area contributed by atoms with Crippen molar-refractivity contribution in [3.05, 3.63) is 69.0 Å². The minimum Gasteiger partial charge on any atom is -0.488 e. The van der Waals surface area contributed by atoms with E-state index in [-0.39, 0.29) is 5.91 Å². The van der Waals surface area contributed by atoms with E-state index in [1.807, 2.05) is 54.6 Å². The van der Waals surface area contributed by atoms with E-state index in [1.54, 1.807) is 7.05 Å². The van der Waals surface area contributed by atoms with Crippen molar-refractivity contribution in [1.82, 2.24) is 4.90 Å². The van der Waals surface area contributed by atoms with Crippen LogP contribution in [-0.2, 0) is 11.4 Å². The van der Waals surface area contributed by atoms with Gasteiger partial charge in [-0.25, -0.2) is 0 Å². The molecule has 0 spiro atoms. The molecule has 1 saturated heterocycles. The Morgan fingerprint density at radius 3 is 2.67 bits per heavy atom. The largest absolute Gasteiger partial charge is 0.488 e. The summed E-state index contributed by atoms with van der Waals surface area (Å²) in [7, 11) is 1.69. The number of carbonyl (C=O) groups excluding carboxylic acids is 1. The number of benzene rings is 2. The molecule has 6 heteroatoms. The summed E-state index contributed by atoms with van der Waals surface area (Å²) in [6, 6.07) is 15.7. The molecule has 3 nitrogen and oxygen atoms in total. The maximum Gasteiger partial charge on any atom is 0.265 e. The van der Waals surface area contributed by atoms with E-state index >= 15 is 0 Å². The molecule has 0 bridgehead atoms. The monoisotopic (exact) mass is 419 g/mol. The van der Waals surface area contributed by atoms with Gasteiger partial charge in [-0.3, -0.25) is 9.69 Å². The van der Waals surface area contributed by atoms with Crippen molar-refractivity contribution in [1.29, 1.82) is 0 Å². The number of thiocarbonyl (C=S) groups is 1. The molecule has 0 N–H and O–H groups in total. The fraction of sp³-hybridized carbons (Fsp3) is 0.111. The lowest BCUT2D eigenvalue weighted by Gasteiger charge is -2.10. The zero-order chi connectivity index (χ0) is 17.1. The Balaban J connectivity index is 1.86. The number of hydrogen-bond acceptors (Lipinski definition) is 4. The molecule has 1 amide bonds. The van der Waals surface area contributed by atoms with Gasteiger partial charge in [0, 0.05) is 17.1 Å². The summed E-state index contributed by atoms with van der Waals surface area (Å²) in [6.45, 7) is 0.470. The highest BCUT2D eigenvalue weighted by atomic mass is 79.9. The predicted octanol–water partition coefficient (Wildman–Crippen LogP) is 4.86. The Labute approximate surface area is 158 Å². The molecular weight excluding hydrogens is 406 g/mol. The standard InChI is InChI=1S/C18H14BrNO2S2/c1-20-17(21)16(24-18(20)23)10-13-9-14(19)7-8-15(13)22-11-12-5-3-2-4-6-12/h2-10H,11H2,1H3/b16-10-. The number of likely N-dealkylation sites (N-methyl/N-ethyl adjacent to an activating group) is 1. The molecule has 1 aliphatic rings. The molecule has 1 heterocycles. The molecule has 0 radical (unpaired) electrons. The Morgan fingerprint density at radius 2 is 2.00 bits per heavy atom. The number of ether oxygens (including phenoxy) is 1. The van der Waals surface area contributed by atoms with E-state index in [2.05, 4.69) is 15.9 Å². The third kappa shape index (κ3) is 3.88. The first-order valence-electron chi connectivity index (χ1n) is 7.22. The van der Waals surface area contributed by atoms with E-state index in [9.17, 15) is 4.79 Å². The Hall–Kier alpha value is -1.63. The first-order chi connectivity index (χ1) is 11.5. The number of carbonyl (C=O) groups is 1. The van der Waals surface area contributed by atoms with E-state index in [0.717, 1.165) is 21.3 Å². The minimum absolute atomic E-state index is 0.0843. The zero-order valence-corrected chi connectivity index (χ0v) is 16.1. The van der Waals surface area contributed by atoms with Crippen molar-refractivity contribution >= 4 is 56.2 Å². The van der Waals surface area contributed by atoms with Gasteiger partial charge in [0.15, 0.2) is 0 Å². The topological polar surface area (TPSA) is 29.5 Å². The van der Waals surface area contributed by atoms with Crippen molar-refractivity contribution in [2.45, 2.75) is 6.61 Å². The Kier molecular flexibility index (Phi) is 5.38. The highest BCUT2D eigenvalue weighted by Gasteiger charge is 2.28. The lowest BCUT2D eigenvalue weighted by molar-refractivity contribution is -0.121. The number of halogens is 1. The second-order valence-corrected chi connectivity index (χ2v) is 7.79. The maximum absolute atomic E-state index is 12.2. The third-order valence-electron chi connectivity index (χ3n) is 3.48. The number of hydrogen-bond donors (Lipinski definition) is 0. The number of amides is 1. The number of nitrogens with zero attached hydrogens (tertiary/aromatic N) is 1. The van der Waals surface area contributed by atoms with Crippen LogP contribution in [0.1, 0.15) is 11.1 Å². The van der Waals surface area contributed by atoms with Crippen molar-refractivity contribution in [3.63, 3.8) is 0 Å². The summed E-state index contributed by atoms with van der Waals surface area (Å²) in [5.41, 5.74) is 1.93. The van der Waals surface area contributed by atoms with Gasteiger partial charge in [0.25, 0.3) is 5.91 Å². The summed E-state index contributed by atoms with van der Waals surface area (Å²) < 4.78 is 7.43. The van der Waals surface area contributed by atoms with Gasteiger partial charge in [-0.05, 0) is 29.8 Å². The van der Waals surface area contributed by atoms with Crippen LogP contribution in [0.2, 0.25) is 0 Å². The average Bonchev–Trinajstić information content (AvgIpc) is 2.82. The molecule has 0 atom stereocenters. The second kappa shape index (κ2) is 7.51. The van der Waals surface area contributed by atoms with Gasteiger partial charge in [-0.1, -0.05) is 70.2 Å². The van der Waals surface area contributed by atoms with Crippen LogP contribution in [-0.4, -0.2) is 22.2 Å². The normalized spacial score (nSPS) is 16.1. The molecule has 122 valence electrons. The first kappa shape index (κ1) is 17.2. The quantitative estimate of drug-likeness (QED) is 0.522. The van der Waals surface area contributed by atoms with Crippen molar-refractivity contribution in [3.8, 4) is 5.75 Å². The summed E-state index contributed by atoms with van der Waals surface area (Å²) in [4.78, 5) is 14.3. The van der Waals surface area contributed by atoms with Gasteiger partial charge in [0.05, 0.1) is 4.91 Å². The van der Waals surface area contributed by atoms with Gasteiger partial charge < -0.3 is 4.74 Å². The SMILES string of the molecule is CN1C(=O)/C(=C/c2cc(Br)ccc2OCc2ccccc2)SC1=S. The van der Waals surface area contributed by atoms with Crippen LogP contribution in [0.3, 0.4) is 0 Å². The molecule has 24 heavy (non-hydrogen) atoms. The molecule has 1 fully saturated rings. The smallest absolute Gasteiger partial charge is 0.265 e. The van der Waals surface area contributed by atoms with Crippen LogP contribution in [0.25, 0.3) is 6.08 Å². The maximum atomic E-state index is 12.2. The fourth-order valence-electron chi connectivity index (χ4n) is 2.19. The van der Waals surface area contributed by atoms with E-state index in [4.69, 9.17) is 17.0 Å². The van der Waals surface area contributed by atoms with Crippen molar-refractivity contribution in [2.75, 3.05) is 7.05 Å². The number of rotatable bonds is 4. The van der Waals surface area contributed by atoms with E-state index < -0.39 is 0 Å². The molecule has 3 rings (SSSR count). The first-order valence-corrected chi connectivity index (χ1v) is 9.24. The van der Waals surface area contributed by atoms with Crippen LogP contribution < -0.4 is 4.74 Å². The average molecular weight is 420 g/mol. The fourth-order valence-corrected chi connectivity index (χ4v) is 3.73. The molecular formula is C18H14BrNO2S2. The van der Waals surface area contributed by atoms with Crippen LogP contribution in [0.5, 0.6) is 5.75 Å². The van der Waals surface area contributed by atoms with Crippen molar-refractivity contribution in [2.24, 2.45) is 0 Å². The Bertz CT molecular complexity index is 821. The predicted molar refractivity (Wildman–Crippen MR) is 106 cm³/mol. The molecule has 2 aromatic rings. The molecule has 0 unspecified atom stereocenters. The van der Waals surface area contributed by atoms with Gasteiger partial charge in [-0.2, -0.15) is 0 Å².